The van der Waals surface area contributed by atoms with Gasteiger partial charge in [0.05, 0.1) is 32.3 Å². The molecule has 180 valence electrons. The number of halogens is 1. The first-order valence-corrected chi connectivity index (χ1v) is 11.8. The Balaban J connectivity index is 1.78. The molecule has 1 aliphatic rings. The van der Waals surface area contributed by atoms with Crippen molar-refractivity contribution in [3.63, 3.8) is 0 Å². The quantitative estimate of drug-likeness (QED) is 0.264. The van der Waals surface area contributed by atoms with Crippen LogP contribution in [-0.4, -0.2) is 35.3 Å². The summed E-state index contributed by atoms with van der Waals surface area (Å²) in [7, 11) is -4.25. The van der Waals surface area contributed by atoms with Crippen molar-refractivity contribution in [3.8, 4) is 0 Å². The number of aromatic amines is 1. The van der Waals surface area contributed by atoms with Gasteiger partial charge in [-0.25, -0.2) is 17.6 Å². The minimum Gasteiger partial charge on any atom is -0.478 e. The van der Waals surface area contributed by atoms with Gasteiger partial charge in [-0.1, -0.05) is 6.07 Å². The SMILES string of the molecule is Cc1[nH]c(/C=C2\C(=O)Nc3ccc(S(=O)(=O)Cc4c(F)cccc4[N+](=O)[O-])cc32)c(C)c1C(=O)O. The second-order valence-corrected chi connectivity index (χ2v) is 9.93. The molecule has 0 saturated heterocycles. The average Bonchev–Trinajstić information content (AvgIpc) is 3.23. The fourth-order valence-corrected chi connectivity index (χ4v) is 5.43. The summed E-state index contributed by atoms with van der Waals surface area (Å²) in [4.78, 5) is 37.1. The molecular formula is C23H18FN3O7S. The highest BCUT2D eigenvalue weighted by molar-refractivity contribution is 7.90. The van der Waals surface area contributed by atoms with E-state index in [0.29, 0.717) is 22.6 Å². The van der Waals surface area contributed by atoms with Crippen LogP contribution in [0.1, 0.15) is 38.4 Å². The average molecular weight is 499 g/mol. The van der Waals surface area contributed by atoms with E-state index in [1.807, 2.05) is 0 Å². The van der Waals surface area contributed by atoms with Crippen LogP contribution in [0, 0.1) is 29.8 Å². The Labute approximate surface area is 198 Å². The number of aromatic carboxylic acids is 1. The topological polar surface area (TPSA) is 159 Å². The first-order chi connectivity index (χ1) is 16.4. The molecule has 1 amide bonds. The van der Waals surface area contributed by atoms with E-state index in [1.165, 1.54) is 24.3 Å². The number of hydrogen-bond donors (Lipinski definition) is 3. The van der Waals surface area contributed by atoms with Crippen molar-refractivity contribution in [2.75, 3.05) is 5.32 Å². The zero-order chi connectivity index (χ0) is 25.7. The van der Waals surface area contributed by atoms with Gasteiger partial charge in [0.2, 0.25) is 0 Å². The maximum absolute atomic E-state index is 14.3. The summed E-state index contributed by atoms with van der Waals surface area (Å²) < 4.78 is 40.4. The lowest BCUT2D eigenvalue weighted by atomic mass is 10.0. The van der Waals surface area contributed by atoms with Crippen LogP contribution in [0.3, 0.4) is 0 Å². The van der Waals surface area contributed by atoms with Crippen LogP contribution < -0.4 is 5.32 Å². The Kier molecular flexibility index (Phi) is 5.77. The lowest BCUT2D eigenvalue weighted by Crippen LogP contribution is -2.09. The fourth-order valence-electron chi connectivity index (χ4n) is 4.02. The van der Waals surface area contributed by atoms with Gasteiger partial charge in [-0.2, -0.15) is 0 Å². The van der Waals surface area contributed by atoms with E-state index < -0.39 is 49.5 Å². The highest BCUT2D eigenvalue weighted by Gasteiger charge is 2.30. The maximum Gasteiger partial charge on any atom is 0.337 e. The first kappa shape index (κ1) is 23.8. The normalized spacial score (nSPS) is 14.1. The van der Waals surface area contributed by atoms with Gasteiger partial charge < -0.3 is 15.4 Å². The number of hydrogen-bond acceptors (Lipinski definition) is 6. The largest absolute Gasteiger partial charge is 0.478 e. The number of sulfone groups is 1. The molecule has 0 spiro atoms. The zero-order valence-electron chi connectivity index (χ0n) is 18.4. The number of amides is 1. The van der Waals surface area contributed by atoms with Crippen molar-refractivity contribution in [2.24, 2.45) is 0 Å². The number of carboxylic acids is 1. The number of H-pyrrole nitrogens is 1. The summed E-state index contributed by atoms with van der Waals surface area (Å²) in [6.45, 7) is 3.16. The molecule has 0 saturated carbocycles. The van der Waals surface area contributed by atoms with Gasteiger partial charge in [-0.05, 0) is 49.8 Å². The predicted molar refractivity (Wildman–Crippen MR) is 124 cm³/mol. The van der Waals surface area contributed by atoms with Crippen molar-refractivity contribution in [1.82, 2.24) is 4.98 Å². The van der Waals surface area contributed by atoms with Gasteiger partial charge in [0.1, 0.15) is 5.82 Å². The number of anilines is 1. The Hall–Kier alpha value is -4.32. The second kappa shape index (κ2) is 8.47. The fraction of sp³-hybridized carbons (Fsp3) is 0.130. The number of carbonyl (C=O) groups is 2. The highest BCUT2D eigenvalue weighted by atomic mass is 32.2. The van der Waals surface area contributed by atoms with Gasteiger partial charge >= 0.3 is 5.97 Å². The standard InChI is InChI=1S/C23H18FN3O7S/c1-11-19(25-12(2)21(11)23(29)30)9-15-14-8-13(6-7-18(14)26-22(15)28)35(33,34)10-16-17(24)4-3-5-20(16)27(31)32/h3-9,25H,10H2,1-2H3,(H,26,28)(H,29,30)/b15-9-. The number of fused-ring (bicyclic) bond motifs is 1. The molecule has 1 aliphatic heterocycles. The Bertz CT molecular complexity index is 1570. The molecule has 2 aromatic carbocycles. The third-order valence-electron chi connectivity index (χ3n) is 5.74. The monoisotopic (exact) mass is 499 g/mol. The molecule has 2 heterocycles. The molecule has 0 unspecified atom stereocenters. The lowest BCUT2D eigenvalue weighted by molar-refractivity contribution is -0.385. The van der Waals surface area contributed by atoms with E-state index in [0.717, 1.165) is 18.2 Å². The van der Waals surface area contributed by atoms with Crippen molar-refractivity contribution >= 4 is 44.7 Å². The third-order valence-corrected chi connectivity index (χ3v) is 7.38. The van der Waals surface area contributed by atoms with Crippen LogP contribution >= 0.6 is 0 Å². The number of rotatable bonds is 6. The minimum atomic E-state index is -4.25. The summed E-state index contributed by atoms with van der Waals surface area (Å²) >= 11 is 0. The predicted octanol–water partition coefficient (Wildman–Crippen LogP) is 3.84. The molecule has 3 N–H and O–H groups in total. The van der Waals surface area contributed by atoms with E-state index in [2.05, 4.69) is 10.3 Å². The van der Waals surface area contributed by atoms with Crippen molar-refractivity contribution in [1.29, 1.82) is 0 Å². The zero-order valence-corrected chi connectivity index (χ0v) is 19.2. The van der Waals surface area contributed by atoms with Gasteiger partial charge in [-0.15, -0.1) is 0 Å². The molecule has 0 atom stereocenters. The molecule has 3 aromatic rings. The first-order valence-electron chi connectivity index (χ1n) is 10.1. The van der Waals surface area contributed by atoms with E-state index >= 15 is 0 Å². The van der Waals surface area contributed by atoms with Crippen LogP contribution in [0.2, 0.25) is 0 Å². The summed E-state index contributed by atoms with van der Waals surface area (Å²) in [5.41, 5.74) is 0.670. The Morgan fingerprint density at radius 3 is 2.57 bits per heavy atom. The van der Waals surface area contributed by atoms with E-state index in [-0.39, 0.29) is 21.6 Å². The molecule has 1 aromatic heterocycles. The molecule has 0 aliphatic carbocycles. The van der Waals surface area contributed by atoms with E-state index in [9.17, 15) is 37.6 Å². The number of benzene rings is 2. The van der Waals surface area contributed by atoms with Gasteiger partial charge in [0.15, 0.2) is 9.84 Å². The molecule has 4 rings (SSSR count). The smallest absolute Gasteiger partial charge is 0.337 e. The number of nitro groups is 1. The van der Waals surface area contributed by atoms with Crippen LogP contribution in [0.25, 0.3) is 11.6 Å². The van der Waals surface area contributed by atoms with E-state index in [1.54, 1.807) is 13.8 Å². The van der Waals surface area contributed by atoms with Crippen LogP contribution in [0.4, 0.5) is 15.8 Å². The van der Waals surface area contributed by atoms with Crippen molar-refractivity contribution < 1.29 is 32.4 Å². The number of nitrogens with zero attached hydrogens (tertiary/aromatic N) is 1. The summed E-state index contributed by atoms with van der Waals surface area (Å²) in [5, 5.41) is 23.3. The van der Waals surface area contributed by atoms with Gasteiger partial charge in [-0.3, -0.25) is 14.9 Å². The number of carbonyl (C=O) groups excluding carboxylic acids is 1. The molecular weight excluding hydrogens is 481 g/mol. The molecule has 10 nitrogen and oxygen atoms in total. The van der Waals surface area contributed by atoms with Crippen LogP contribution in [0.5, 0.6) is 0 Å². The number of carboxylic acid groups (broad SMARTS) is 1. The molecule has 12 heteroatoms. The third kappa shape index (κ3) is 4.19. The second-order valence-electron chi connectivity index (χ2n) is 7.94. The van der Waals surface area contributed by atoms with E-state index in [4.69, 9.17) is 0 Å². The maximum atomic E-state index is 14.3. The molecule has 35 heavy (non-hydrogen) atoms. The van der Waals surface area contributed by atoms with Crippen LogP contribution in [-0.2, 0) is 20.4 Å². The van der Waals surface area contributed by atoms with Gasteiger partial charge in [0.25, 0.3) is 11.6 Å². The Morgan fingerprint density at radius 2 is 1.94 bits per heavy atom. The Morgan fingerprint density at radius 1 is 1.23 bits per heavy atom. The van der Waals surface area contributed by atoms with Crippen molar-refractivity contribution in [3.05, 3.63) is 86.0 Å². The molecule has 0 radical (unpaired) electrons. The minimum absolute atomic E-state index is 0.0679. The summed E-state index contributed by atoms with van der Waals surface area (Å²) in [6, 6.07) is 6.89. The molecule has 0 bridgehead atoms. The van der Waals surface area contributed by atoms with Crippen molar-refractivity contribution in [2.45, 2.75) is 24.5 Å². The number of aromatic nitrogens is 1. The lowest BCUT2D eigenvalue weighted by Gasteiger charge is -2.08. The molecule has 0 fully saturated rings. The number of nitro benzene ring substituents is 1. The van der Waals surface area contributed by atoms with Crippen LogP contribution in [0.15, 0.2) is 41.3 Å². The number of aryl methyl sites for hydroxylation is 1. The van der Waals surface area contributed by atoms with Gasteiger partial charge in [0, 0.05) is 28.7 Å². The highest BCUT2D eigenvalue weighted by Crippen LogP contribution is 2.36. The summed E-state index contributed by atoms with van der Waals surface area (Å²) in [6.07, 6.45) is 1.42. The summed E-state index contributed by atoms with van der Waals surface area (Å²) in [5.74, 6) is -3.63. The number of nitrogens with one attached hydrogen (secondary N) is 2.